The molecule has 0 aromatic rings. The van der Waals surface area contributed by atoms with Crippen LogP contribution in [0.15, 0.2) is 12.2 Å². The molecule has 452 valence electrons. The molecule has 1 amide bonds. The lowest BCUT2D eigenvalue weighted by Gasteiger charge is -2.40. The molecule has 0 aliphatic carbocycles. The molecule has 1 rings (SSSR count). The van der Waals surface area contributed by atoms with Gasteiger partial charge in [-0.2, -0.15) is 0 Å². The van der Waals surface area contributed by atoms with Crippen molar-refractivity contribution in [1.82, 2.24) is 5.32 Å². The molecule has 6 N–H and O–H groups in total. The Labute approximate surface area is 471 Å². The minimum atomic E-state index is -1.55. The van der Waals surface area contributed by atoms with Crippen LogP contribution >= 0.6 is 0 Å². The van der Waals surface area contributed by atoms with Gasteiger partial charge in [0.25, 0.3) is 0 Å². The summed E-state index contributed by atoms with van der Waals surface area (Å²) in [6.45, 7) is 3.89. The molecule has 1 aliphatic rings. The van der Waals surface area contributed by atoms with E-state index in [0.29, 0.717) is 12.8 Å². The molecule has 0 bridgehead atoms. The zero-order chi connectivity index (χ0) is 55.0. The molecule has 9 nitrogen and oxygen atoms in total. The first kappa shape index (κ1) is 72.9. The summed E-state index contributed by atoms with van der Waals surface area (Å²) in [7, 11) is 0. The molecule has 1 fully saturated rings. The van der Waals surface area contributed by atoms with E-state index in [1.54, 1.807) is 0 Å². The molecular weight excluding hydrogens is 947 g/mol. The van der Waals surface area contributed by atoms with Gasteiger partial charge in [0.05, 0.1) is 25.4 Å². The third-order valence-electron chi connectivity index (χ3n) is 16.6. The normalized spacial score (nSPS) is 18.8. The maximum atomic E-state index is 13.1. The monoisotopic (exact) mass is 1080 g/mol. The number of unbranched alkanes of at least 4 members (excludes halogenated alkanes) is 48. The van der Waals surface area contributed by atoms with E-state index in [2.05, 4.69) is 31.3 Å². The average Bonchev–Trinajstić information content (AvgIpc) is 3.42. The Balaban J connectivity index is 2.11. The van der Waals surface area contributed by atoms with Crippen molar-refractivity contribution in [3.05, 3.63) is 12.2 Å². The van der Waals surface area contributed by atoms with Crippen LogP contribution in [0.5, 0.6) is 0 Å². The number of rotatable bonds is 60. The highest BCUT2D eigenvalue weighted by molar-refractivity contribution is 5.76. The summed E-state index contributed by atoms with van der Waals surface area (Å²) >= 11 is 0. The minimum absolute atomic E-state index is 0.133. The van der Waals surface area contributed by atoms with Crippen LogP contribution in [0.2, 0.25) is 0 Å². The zero-order valence-corrected chi connectivity index (χ0v) is 50.5. The van der Waals surface area contributed by atoms with Crippen molar-refractivity contribution in [1.29, 1.82) is 0 Å². The molecule has 1 aliphatic heterocycles. The van der Waals surface area contributed by atoms with Crippen LogP contribution in [-0.4, -0.2) is 87.5 Å². The van der Waals surface area contributed by atoms with Crippen LogP contribution in [0.1, 0.15) is 354 Å². The van der Waals surface area contributed by atoms with Gasteiger partial charge in [-0.25, -0.2) is 0 Å². The Morgan fingerprint density at radius 2 is 0.737 bits per heavy atom. The molecule has 0 radical (unpaired) electrons. The molecule has 1 heterocycles. The average molecular weight is 1080 g/mol. The fraction of sp³-hybridized carbons (Fsp3) is 0.955. The zero-order valence-electron chi connectivity index (χ0n) is 50.5. The predicted octanol–water partition coefficient (Wildman–Crippen LogP) is 17.9. The second kappa shape index (κ2) is 57.2. The van der Waals surface area contributed by atoms with Gasteiger partial charge in [-0.15, -0.1) is 0 Å². The number of ether oxygens (including phenoxy) is 2. The van der Waals surface area contributed by atoms with Crippen molar-refractivity contribution in [2.24, 2.45) is 0 Å². The third-order valence-corrected chi connectivity index (χ3v) is 16.6. The Morgan fingerprint density at radius 1 is 0.434 bits per heavy atom. The van der Waals surface area contributed by atoms with Crippen LogP contribution in [0.4, 0.5) is 0 Å². The quantitative estimate of drug-likeness (QED) is 0.0261. The second-order valence-electron chi connectivity index (χ2n) is 24.0. The van der Waals surface area contributed by atoms with E-state index in [1.807, 2.05) is 0 Å². The molecule has 0 aromatic heterocycles. The first-order valence-electron chi connectivity index (χ1n) is 33.9. The fourth-order valence-corrected chi connectivity index (χ4v) is 11.3. The third kappa shape index (κ3) is 45.6. The van der Waals surface area contributed by atoms with Gasteiger partial charge in [0.2, 0.25) is 5.91 Å². The van der Waals surface area contributed by atoms with Crippen LogP contribution in [-0.2, 0) is 14.3 Å². The standard InChI is InChI=1S/C67H131NO8/c1-3-5-7-9-11-13-15-17-19-21-23-25-27-28-29-30-31-32-33-35-36-38-40-42-44-46-48-50-52-54-56-61(70)60(59-75-67-66(74)65(73)64(72)62(58-69)76-67)68-63(71)57-55-53-51-49-47-45-43-41-39-37-34-26-24-22-20-18-16-14-12-10-8-6-4-2/h22,24,60-62,64-67,69-70,72-74H,3-21,23,25-59H2,1-2H3,(H,68,71)/b24-22-. The summed E-state index contributed by atoms with van der Waals surface area (Å²) in [5.74, 6) is -0.138. The van der Waals surface area contributed by atoms with Gasteiger partial charge in [-0.1, -0.05) is 321 Å². The van der Waals surface area contributed by atoms with E-state index < -0.39 is 49.5 Å². The van der Waals surface area contributed by atoms with Crippen molar-refractivity contribution in [3.63, 3.8) is 0 Å². The van der Waals surface area contributed by atoms with E-state index in [-0.39, 0.29) is 12.5 Å². The van der Waals surface area contributed by atoms with Crippen molar-refractivity contribution in [2.45, 2.75) is 397 Å². The lowest BCUT2D eigenvalue weighted by molar-refractivity contribution is -0.302. The maximum absolute atomic E-state index is 13.1. The van der Waals surface area contributed by atoms with Gasteiger partial charge >= 0.3 is 0 Å². The Bertz CT molecular complexity index is 1200. The fourth-order valence-electron chi connectivity index (χ4n) is 11.3. The van der Waals surface area contributed by atoms with Gasteiger partial charge in [0, 0.05) is 6.42 Å². The van der Waals surface area contributed by atoms with E-state index >= 15 is 0 Å². The molecule has 9 heteroatoms. The Kier molecular flexibility index (Phi) is 54.9. The van der Waals surface area contributed by atoms with Crippen molar-refractivity contribution in [3.8, 4) is 0 Å². The topological polar surface area (TPSA) is 149 Å². The van der Waals surface area contributed by atoms with Gasteiger partial charge in [-0.05, 0) is 38.5 Å². The summed E-state index contributed by atoms with van der Waals surface area (Å²) < 4.78 is 11.4. The molecule has 7 unspecified atom stereocenters. The lowest BCUT2D eigenvalue weighted by atomic mass is 9.99. The highest BCUT2D eigenvalue weighted by Gasteiger charge is 2.44. The summed E-state index contributed by atoms with van der Waals surface area (Å²) in [6.07, 6.45) is 65.6. The molecule has 7 atom stereocenters. The summed E-state index contributed by atoms with van der Waals surface area (Å²) in [5, 5.41) is 54.9. The number of aliphatic hydroxyl groups excluding tert-OH is 5. The van der Waals surface area contributed by atoms with E-state index in [9.17, 15) is 30.3 Å². The van der Waals surface area contributed by atoms with Crippen LogP contribution < -0.4 is 5.32 Å². The number of nitrogens with one attached hydrogen (secondary N) is 1. The number of aliphatic hydroxyl groups is 5. The Hall–Kier alpha value is -1.07. The Morgan fingerprint density at radius 3 is 1.07 bits per heavy atom. The second-order valence-corrected chi connectivity index (χ2v) is 24.0. The van der Waals surface area contributed by atoms with Gasteiger partial charge in [0.15, 0.2) is 6.29 Å². The highest BCUT2D eigenvalue weighted by atomic mass is 16.7. The molecule has 0 spiro atoms. The smallest absolute Gasteiger partial charge is 0.220 e. The molecule has 0 saturated carbocycles. The maximum Gasteiger partial charge on any atom is 0.220 e. The molecule has 1 saturated heterocycles. The van der Waals surface area contributed by atoms with Crippen molar-refractivity contribution < 1.29 is 39.8 Å². The van der Waals surface area contributed by atoms with Gasteiger partial charge in [0.1, 0.15) is 24.4 Å². The largest absolute Gasteiger partial charge is 0.394 e. The summed E-state index contributed by atoms with van der Waals surface area (Å²) in [6, 6.07) is -0.718. The van der Waals surface area contributed by atoms with E-state index in [0.717, 1.165) is 38.5 Å². The summed E-state index contributed by atoms with van der Waals surface area (Å²) in [4.78, 5) is 13.1. The highest BCUT2D eigenvalue weighted by Crippen LogP contribution is 2.24. The molecular formula is C67H131NO8. The lowest BCUT2D eigenvalue weighted by Crippen LogP contribution is -2.60. The number of allylic oxidation sites excluding steroid dienone is 2. The van der Waals surface area contributed by atoms with Gasteiger partial charge in [-0.3, -0.25) is 4.79 Å². The molecule has 76 heavy (non-hydrogen) atoms. The number of hydrogen-bond acceptors (Lipinski definition) is 8. The van der Waals surface area contributed by atoms with Crippen LogP contribution in [0.25, 0.3) is 0 Å². The van der Waals surface area contributed by atoms with E-state index in [1.165, 1.54) is 289 Å². The minimum Gasteiger partial charge on any atom is -0.394 e. The molecule has 0 aromatic carbocycles. The van der Waals surface area contributed by atoms with Crippen molar-refractivity contribution >= 4 is 5.91 Å². The van der Waals surface area contributed by atoms with Crippen molar-refractivity contribution in [2.75, 3.05) is 13.2 Å². The number of carbonyl (C=O) groups excluding carboxylic acids is 1. The number of carbonyl (C=O) groups is 1. The van der Waals surface area contributed by atoms with Crippen LogP contribution in [0.3, 0.4) is 0 Å². The first-order chi connectivity index (χ1) is 37.3. The number of amides is 1. The summed E-state index contributed by atoms with van der Waals surface area (Å²) in [5.41, 5.74) is 0. The van der Waals surface area contributed by atoms with Gasteiger partial charge < -0.3 is 40.3 Å². The van der Waals surface area contributed by atoms with Crippen LogP contribution in [0, 0.1) is 0 Å². The SMILES string of the molecule is CCCCCCCCCC/C=C\CCCCCCCCCCCCCC(=O)NC(COC1OC(CO)C(O)C(O)C1O)C(O)CCCCCCCCCCCCCCCCCCCCCCCCCCCCCCCC. The van der Waals surface area contributed by atoms with E-state index in [4.69, 9.17) is 9.47 Å². The number of hydrogen-bond donors (Lipinski definition) is 6. The first-order valence-corrected chi connectivity index (χ1v) is 33.9. The predicted molar refractivity (Wildman–Crippen MR) is 323 cm³/mol.